The maximum Gasteiger partial charge on any atom is 0.342 e. The van der Waals surface area contributed by atoms with Crippen LogP contribution in [0.4, 0.5) is 10.2 Å². The SMILES string of the molecule is Nc1[nH]c(=O)c(C(=O)O)c(-c2cccc(Cl)c2F)c1C(=O)O. The van der Waals surface area contributed by atoms with Crippen LogP contribution in [0.15, 0.2) is 23.0 Å². The smallest absolute Gasteiger partial charge is 0.342 e. The molecule has 1 aromatic carbocycles. The fourth-order valence-electron chi connectivity index (χ4n) is 2.01. The number of hydrogen-bond acceptors (Lipinski definition) is 4. The van der Waals surface area contributed by atoms with Gasteiger partial charge >= 0.3 is 11.9 Å². The quantitative estimate of drug-likeness (QED) is 0.679. The molecule has 0 bridgehead atoms. The molecular weight excluding hydrogens is 319 g/mol. The first kappa shape index (κ1) is 15.5. The van der Waals surface area contributed by atoms with E-state index >= 15 is 0 Å². The molecule has 114 valence electrons. The number of aromatic amines is 1. The number of rotatable bonds is 3. The summed E-state index contributed by atoms with van der Waals surface area (Å²) in [6.07, 6.45) is 0. The van der Waals surface area contributed by atoms with Crippen LogP contribution < -0.4 is 11.3 Å². The van der Waals surface area contributed by atoms with Gasteiger partial charge in [0.15, 0.2) is 0 Å². The van der Waals surface area contributed by atoms with Crippen LogP contribution in [0.2, 0.25) is 5.02 Å². The van der Waals surface area contributed by atoms with Crippen molar-refractivity contribution in [1.29, 1.82) is 0 Å². The fraction of sp³-hybridized carbons (Fsp3) is 0. The van der Waals surface area contributed by atoms with Gasteiger partial charge in [0.1, 0.15) is 22.8 Å². The Morgan fingerprint density at radius 2 is 1.77 bits per heavy atom. The highest BCUT2D eigenvalue weighted by Gasteiger charge is 2.28. The Bertz CT molecular complexity index is 862. The van der Waals surface area contributed by atoms with E-state index in [1.807, 2.05) is 4.98 Å². The Balaban J connectivity index is 3.06. The number of nitrogen functional groups attached to an aromatic ring is 1. The first-order chi connectivity index (χ1) is 10.3. The van der Waals surface area contributed by atoms with E-state index in [2.05, 4.69) is 0 Å². The second-order valence-electron chi connectivity index (χ2n) is 4.20. The summed E-state index contributed by atoms with van der Waals surface area (Å²) < 4.78 is 14.2. The number of hydrogen-bond donors (Lipinski definition) is 4. The van der Waals surface area contributed by atoms with Crippen LogP contribution in [0.5, 0.6) is 0 Å². The monoisotopic (exact) mass is 326 g/mol. The number of pyridine rings is 1. The summed E-state index contributed by atoms with van der Waals surface area (Å²) in [4.78, 5) is 36.3. The number of nitrogens with one attached hydrogen (secondary N) is 1. The van der Waals surface area contributed by atoms with E-state index in [9.17, 15) is 23.9 Å². The van der Waals surface area contributed by atoms with Crippen molar-refractivity contribution < 1.29 is 24.2 Å². The molecule has 0 fully saturated rings. The normalized spacial score (nSPS) is 10.5. The average Bonchev–Trinajstić information content (AvgIpc) is 2.39. The molecule has 0 radical (unpaired) electrons. The summed E-state index contributed by atoms with van der Waals surface area (Å²) in [6.45, 7) is 0. The minimum atomic E-state index is -1.72. The second-order valence-corrected chi connectivity index (χ2v) is 4.61. The summed E-state index contributed by atoms with van der Waals surface area (Å²) in [6, 6.07) is 3.58. The zero-order valence-corrected chi connectivity index (χ0v) is 11.4. The van der Waals surface area contributed by atoms with E-state index in [1.54, 1.807) is 0 Å². The number of carboxylic acid groups (broad SMARTS) is 2. The third kappa shape index (κ3) is 2.40. The number of carbonyl (C=O) groups is 2. The lowest BCUT2D eigenvalue weighted by atomic mass is 9.95. The van der Waals surface area contributed by atoms with Crippen LogP contribution in [0, 0.1) is 5.82 Å². The van der Waals surface area contributed by atoms with Crippen molar-refractivity contribution in [3.63, 3.8) is 0 Å². The molecule has 7 nitrogen and oxygen atoms in total. The highest BCUT2D eigenvalue weighted by atomic mass is 35.5. The summed E-state index contributed by atoms with van der Waals surface area (Å²) in [5.74, 6) is -4.99. The van der Waals surface area contributed by atoms with Gasteiger partial charge in [-0.25, -0.2) is 14.0 Å². The number of H-pyrrole nitrogens is 1. The van der Waals surface area contributed by atoms with Gasteiger partial charge in [-0.3, -0.25) is 4.79 Å². The van der Waals surface area contributed by atoms with E-state index in [1.165, 1.54) is 12.1 Å². The number of aromatic nitrogens is 1. The van der Waals surface area contributed by atoms with Crippen molar-refractivity contribution in [2.75, 3.05) is 5.73 Å². The minimum Gasteiger partial charge on any atom is -0.478 e. The van der Waals surface area contributed by atoms with Gasteiger partial charge < -0.3 is 20.9 Å². The maximum absolute atomic E-state index is 14.2. The molecule has 0 amide bonds. The number of nitrogens with two attached hydrogens (primary N) is 1. The van der Waals surface area contributed by atoms with Crippen molar-refractivity contribution in [3.8, 4) is 11.1 Å². The highest BCUT2D eigenvalue weighted by Crippen LogP contribution is 2.33. The van der Waals surface area contributed by atoms with E-state index in [0.717, 1.165) is 6.07 Å². The maximum atomic E-state index is 14.2. The van der Waals surface area contributed by atoms with Crippen molar-refractivity contribution in [1.82, 2.24) is 4.98 Å². The van der Waals surface area contributed by atoms with Crippen LogP contribution in [-0.2, 0) is 0 Å². The van der Waals surface area contributed by atoms with Gasteiger partial charge in [-0.15, -0.1) is 0 Å². The minimum absolute atomic E-state index is 0.357. The first-order valence-electron chi connectivity index (χ1n) is 5.72. The van der Waals surface area contributed by atoms with E-state index < -0.39 is 51.4 Å². The zero-order valence-electron chi connectivity index (χ0n) is 10.7. The number of halogens is 2. The standard InChI is InChI=1S/C13H8ClFN2O5/c14-5-3-1-2-4(9(5)15)6-7(12(19)20)10(16)17-11(18)8(6)13(21)22/h1-3H,(H,19,20)(H,21,22)(H3,16,17,18). The Labute approximate surface area is 126 Å². The van der Waals surface area contributed by atoms with Gasteiger partial charge in [-0.2, -0.15) is 0 Å². The highest BCUT2D eigenvalue weighted by molar-refractivity contribution is 6.31. The molecule has 0 saturated heterocycles. The lowest BCUT2D eigenvalue weighted by Crippen LogP contribution is -2.24. The van der Waals surface area contributed by atoms with Crippen LogP contribution in [0.3, 0.4) is 0 Å². The summed E-state index contributed by atoms with van der Waals surface area (Å²) in [7, 11) is 0. The fourth-order valence-corrected chi connectivity index (χ4v) is 2.19. The number of carboxylic acids is 2. The van der Waals surface area contributed by atoms with E-state index in [-0.39, 0.29) is 5.02 Å². The second kappa shape index (κ2) is 5.49. The molecule has 0 aliphatic heterocycles. The molecular formula is C13H8ClFN2O5. The predicted molar refractivity (Wildman–Crippen MR) is 75.8 cm³/mol. The van der Waals surface area contributed by atoms with Crippen LogP contribution in [0.25, 0.3) is 11.1 Å². The topological polar surface area (TPSA) is 133 Å². The van der Waals surface area contributed by atoms with Crippen molar-refractivity contribution in [2.24, 2.45) is 0 Å². The van der Waals surface area contributed by atoms with Gasteiger partial charge in [0.05, 0.1) is 5.02 Å². The molecule has 0 aliphatic rings. The molecule has 5 N–H and O–H groups in total. The molecule has 2 rings (SSSR count). The molecule has 9 heteroatoms. The Hall–Kier alpha value is -2.87. The van der Waals surface area contributed by atoms with Crippen LogP contribution in [0.1, 0.15) is 20.7 Å². The van der Waals surface area contributed by atoms with Crippen molar-refractivity contribution >= 4 is 29.4 Å². The summed E-state index contributed by atoms with van der Waals surface area (Å²) in [5.41, 5.74) is 1.54. The molecule has 22 heavy (non-hydrogen) atoms. The average molecular weight is 327 g/mol. The lowest BCUT2D eigenvalue weighted by molar-refractivity contribution is 0.0695. The van der Waals surface area contributed by atoms with E-state index in [4.69, 9.17) is 22.4 Å². The van der Waals surface area contributed by atoms with Crippen LogP contribution >= 0.6 is 11.6 Å². The zero-order chi connectivity index (χ0) is 16.6. The first-order valence-corrected chi connectivity index (χ1v) is 6.10. The Kier molecular flexibility index (Phi) is 3.87. The van der Waals surface area contributed by atoms with Gasteiger partial charge in [0.2, 0.25) is 0 Å². The molecule has 1 aromatic heterocycles. The largest absolute Gasteiger partial charge is 0.478 e. The molecule has 0 atom stereocenters. The number of aromatic carboxylic acids is 2. The van der Waals surface area contributed by atoms with Gasteiger partial charge in [-0.1, -0.05) is 23.7 Å². The third-order valence-corrected chi connectivity index (χ3v) is 3.19. The van der Waals surface area contributed by atoms with Gasteiger partial charge in [-0.05, 0) is 6.07 Å². The lowest BCUT2D eigenvalue weighted by Gasteiger charge is -2.13. The predicted octanol–water partition coefficient (Wildman–Crippen LogP) is 1.81. The summed E-state index contributed by atoms with van der Waals surface area (Å²) >= 11 is 5.62. The Morgan fingerprint density at radius 3 is 2.32 bits per heavy atom. The Morgan fingerprint density at radius 1 is 1.18 bits per heavy atom. The molecule has 0 aliphatic carbocycles. The van der Waals surface area contributed by atoms with Crippen molar-refractivity contribution in [2.45, 2.75) is 0 Å². The third-order valence-electron chi connectivity index (χ3n) is 2.89. The molecule has 2 aromatic rings. The molecule has 0 spiro atoms. The van der Waals surface area contributed by atoms with Gasteiger partial charge in [0, 0.05) is 11.1 Å². The number of benzene rings is 1. The van der Waals surface area contributed by atoms with Gasteiger partial charge in [0.25, 0.3) is 5.56 Å². The van der Waals surface area contributed by atoms with E-state index in [0.29, 0.717) is 0 Å². The molecule has 0 unspecified atom stereocenters. The number of anilines is 1. The molecule has 0 saturated carbocycles. The van der Waals surface area contributed by atoms with Crippen molar-refractivity contribution in [3.05, 3.63) is 50.5 Å². The summed E-state index contributed by atoms with van der Waals surface area (Å²) in [5, 5.41) is 18.0. The van der Waals surface area contributed by atoms with Crippen LogP contribution in [-0.4, -0.2) is 27.1 Å². The molecule has 1 heterocycles.